The maximum absolute atomic E-state index is 13.6. The predicted octanol–water partition coefficient (Wildman–Crippen LogP) is 2.79. The molecule has 1 aromatic carbocycles. The van der Waals surface area contributed by atoms with Crippen molar-refractivity contribution in [2.24, 2.45) is 5.92 Å². The van der Waals surface area contributed by atoms with Crippen molar-refractivity contribution in [1.82, 2.24) is 15.1 Å². The Balaban J connectivity index is 1.28. The summed E-state index contributed by atoms with van der Waals surface area (Å²) in [7, 11) is 1.63. The predicted molar refractivity (Wildman–Crippen MR) is 107 cm³/mol. The molecule has 6 heteroatoms. The molecule has 4 rings (SSSR count). The summed E-state index contributed by atoms with van der Waals surface area (Å²) >= 11 is 0. The Morgan fingerprint density at radius 3 is 2.68 bits per heavy atom. The van der Waals surface area contributed by atoms with Crippen LogP contribution < -0.4 is 10.1 Å². The van der Waals surface area contributed by atoms with Gasteiger partial charge >= 0.3 is 0 Å². The molecular formula is C22H32FN3O2. The van der Waals surface area contributed by atoms with Gasteiger partial charge in [0.05, 0.1) is 13.0 Å². The quantitative estimate of drug-likeness (QED) is 0.813. The van der Waals surface area contributed by atoms with Crippen LogP contribution in [0.15, 0.2) is 18.2 Å². The summed E-state index contributed by atoms with van der Waals surface area (Å²) in [4.78, 5) is 17.4. The van der Waals surface area contributed by atoms with E-state index in [1.165, 1.54) is 6.07 Å². The summed E-state index contributed by atoms with van der Waals surface area (Å²) < 4.78 is 19.0. The summed E-state index contributed by atoms with van der Waals surface area (Å²) in [6.07, 6.45) is 6.65. The maximum Gasteiger partial charge on any atom is 0.224 e. The highest BCUT2D eigenvalue weighted by atomic mass is 19.1. The van der Waals surface area contributed by atoms with E-state index in [9.17, 15) is 9.18 Å². The summed E-state index contributed by atoms with van der Waals surface area (Å²) in [5.74, 6) is 0.963. The van der Waals surface area contributed by atoms with E-state index in [4.69, 9.17) is 4.74 Å². The number of nitrogens with one attached hydrogen (secondary N) is 1. The zero-order chi connectivity index (χ0) is 19.5. The highest BCUT2D eigenvalue weighted by molar-refractivity contribution is 5.79. The van der Waals surface area contributed by atoms with Crippen molar-refractivity contribution in [3.8, 4) is 5.75 Å². The zero-order valence-corrected chi connectivity index (χ0v) is 16.8. The van der Waals surface area contributed by atoms with E-state index in [0.717, 1.165) is 82.6 Å². The Kier molecular flexibility index (Phi) is 6.16. The molecule has 154 valence electrons. The van der Waals surface area contributed by atoms with Crippen LogP contribution in [0.3, 0.4) is 0 Å². The lowest BCUT2D eigenvalue weighted by Crippen LogP contribution is -2.50. The van der Waals surface area contributed by atoms with E-state index >= 15 is 0 Å². The van der Waals surface area contributed by atoms with Crippen molar-refractivity contribution >= 4 is 5.91 Å². The minimum Gasteiger partial charge on any atom is -0.496 e. The molecule has 1 aromatic rings. The first-order chi connectivity index (χ1) is 13.6. The minimum atomic E-state index is -0.213. The van der Waals surface area contributed by atoms with Gasteiger partial charge < -0.3 is 10.1 Å². The second kappa shape index (κ2) is 8.78. The second-order valence-electron chi connectivity index (χ2n) is 8.58. The highest BCUT2D eigenvalue weighted by Gasteiger charge is 2.33. The number of halogens is 1. The number of likely N-dealkylation sites (tertiary alicyclic amines) is 2. The van der Waals surface area contributed by atoms with Crippen LogP contribution >= 0.6 is 0 Å². The largest absolute Gasteiger partial charge is 0.496 e. The Hall–Kier alpha value is -1.66. The molecule has 1 amide bonds. The Morgan fingerprint density at radius 1 is 1.18 bits per heavy atom. The lowest BCUT2D eigenvalue weighted by Gasteiger charge is -2.42. The molecule has 2 aliphatic heterocycles. The standard InChI is InChI=1S/C22H32FN3O2/c1-28-21-7-4-18(23)13-17(21)14-25-11-8-20(9-12-25)26-10-2-3-16(15-26)22(27)24-19-5-6-19/h4,7,13,16,19-20H,2-3,5-6,8-12,14-15H2,1H3,(H,24,27)/t16-/m0/s1. The number of amides is 1. The smallest absolute Gasteiger partial charge is 0.224 e. The van der Waals surface area contributed by atoms with Gasteiger partial charge in [-0.05, 0) is 76.4 Å². The molecule has 1 aliphatic carbocycles. The molecule has 1 N–H and O–H groups in total. The average Bonchev–Trinajstić information content (AvgIpc) is 3.53. The van der Waals surface area contributed by atoms with Gasteiger partial charge in [-0.3, -0.25) is 14.6 Å². The zero-order valence-electron chi connectivity index (χ0n) is 16.8. The van der Waals surface area contributed by atoms with Crippen molar-refractivity contribution in [1.29, 1.82) is 0 Å². The first-order valence-electron chi connectivity index (χ1n) is 10.7. The maximum atomic E-state index is 13.6. The number of ether oxygens (including phenoxy) is 1. The molecule has 3 fully saturated rings. The van der Waals surface area contributed by atoms with Gasteiger partial charge in [0.25, 0.3) is 0 Å². The number of carbonyl (C=O) groups is 1. The molecule has 1 atom stereocenters. The fourth-order valence-corrected chi connectivity index (χ4v) is 4.65. The molecule has 2 heterocycles. The fourth-order valence-electron chi connectivity index (χ4n) is 4.65. The summed E-state index contributed by atoms with van der Waals surface area (Å²) in [6, 6.07) is 5.74. The molecule has 1 saturated carbocycles. The topological polar surface area (TPSA) is 44.8 Å². The van der Waals surface area contributed by atoms with E-state index in [-0.39, 0.29) is 17.6 Å². The van der Waals surface area contributed by atoms with Crippen molar-refractivity contribution in [2.45, 2.75) is 57.2 Å². The third-order valence-corrected chi connectivity index (χ3v) is 6.46. The van der Waals surface area contributed by atoms with Crippen LogP contribution in [-0.4, -0.2) is 61.1 Å². The molecule has 3 aliphatic rings. The van der Waals surface area contributed by atoms with Crippen molar-refractivity contribution < 1.29 is 13.9 Å². The Bertz CT molecular complexity index is 686. The van der Waals surface area contributed by atoms with E-state index in [1.807, 2.05) is 0 Å². The van der Waals surface area contributed by atoms with Gasteiger partial charge in [-0.15, -0.1) is 0 Å². The van der Waals surface area contributed by atoms with Crippen molar-refractivity contribution in [2.75, 3.05) is 33.3 Å². The molecule has 0 radical (unpaired) electrons. The number of nitrogens with zero attached hydrogens (tertiary/aromatic N) is 2. The molecule has 0 aromatic heterocycles. The van der Waals surface area contributed by atoms with E-state index in [2.05, 4.69) is 15.1 Å². The summed E-state index contributed by atoms with van der Waals surface area (Å²) in [5, 5.41) is 3.18. The molecule has 0 unspecified atom stereocenters. The van der Waals surface area contributed by atoms with Crippen LogP contribution in [0.5, 0.6) is 5.75 Å². The minimum absolute atomic E-state index is 0.156. The number of piperidine rings is 2. The van der Waals surface area contributed by atoms with Gasteiger partial charge in [0.2, 0.25) is 5.91 Å². The average molecular weight is 390 g/mol. The van der Waals surface area contributed by atoms with Gasteiger partial charge in [0, 0.05) is 30.7 Å². The number of methoxy groups -OCH3 is 1. The number of hydrogen-bond donors (Lipinski definition) is 1. The van der Waals surface area contributed by atoms with Gasteiger partial charge in [-0.2, -0.15) is 0 Å². The lowest BCUT2D eigenvalue weighted by molar-refractivity contribution is -0.127. The first-order valence-corrected chi connectivity index (χ1v) is 10.7. The van der Waals surface area contributed by atoms with Gasteiger partial charge in [0.15, 0.2) is 0 Å². The van der Waals surface area contributed by atoms with E-state index in [0.29, 0.717) is 12.1 Å². The van der Waals surface area contributed by atoms with Gasteiger partial charge in [0.1, 0.15) is 11.6 Å². The molecule has 0 spiro atoms. The van der Waals surface area contributed by atoms with Crippen LogP contribution in [0.1, 0.15) is 44.1 Å². The van der Waals surface area contributed by atoms with Gasteiger partial charge in [-0.1, -0.05) is 0 Å². The summed E-state index contributed by atoms with van der Waals surface area (Å²) in [5.41, 5.74) is 0.913. The number of carbonyl (C=O) groups excluding carboxylic acids is 1. The molecule has 2 saturated heterocycles. The number of rotatable bonds is 6. The second-order valence-corrected chi connectivity index (χ2v) is 8.58. The third kappa shape index (κ3) is 4.84. The van der Waals surface area contributed by atoms with Crippen LogP contribution in [0, 0.1) is 11.7 Å². The SMILES string of the molecule is COc1ccc(F)cc1CN1CCC(N2CCC[C@H](C(=O)NC3CC3)C2)CC1. The molecule has 28 heavy (non-hydrogen) atoms. The first kappa shape index (κ1) is 19.6. The van der Waals surface area contributed by atoms with Crippen molar-refractivity contribution in [3.05, 3.63) is 29.6 Å². The highest BCUT2D eigenvalue weighted by Crippen LogP contribution is 2.27. The molecule has 5 nitrogen and oxygen atoms in total. The number of benzene rings is 1. The number of hydrogen-bond acceptors (Lipinski definition) is 4. The van der Waals surface area contributed by atoms with E-state index in [1.54, 1.807) is 19.2 Å². The molecular weight excluding hydrogens is 357 g/mol. The normalized spacial score (nSPS) is 24.9. The summed E-state index contributed by atoms with van der Waals surface area (Å²) in [6.45, 7) is 4.73. The molecule has 0 bridgehead atoms. The lowest BCUT2D eigenvalue weighted by atomic mass is 9.93. The van der Waals surface area contributed by atoms with Gasteiger partial charge in [-0.25, -0.2) is 4.39 Å². The fraction of sp³-hybridized carbons (Fsp3) is 0.682. The Morgan fingerprint density at radius 2 is 1.96 bits per heavy atom. The van der Waals surface area contributed by atoms with Crippen LogP contribution in [-0.2, 0) is 11.3 Å². The van der Waals surface area contributed by atoms with Crippen LogP contribution in [0.25, 0.3) is 0 Å². The Labute approximate surface area is 167 Å². The third-order valence-electron chi connectivity index (χ3n) is 6.46. The van der Waals surface area contributed by atoms with Crippen LogP contribution in [0.4, 0.5) is 4.39 Å². The monoisotopic (exact) mass is 389 g/mol. The van der Waals surface area contributed by atoms with Crippen LogP contribution in [0.2, 0.25) is 0 Å². The van der Waals surface area contributed by atoms with E-state index < -0.39 is 0 Å². The van der Waals surface area contributed by atoms with Crippen molar-refractivity contribution in [3.63, 3.8) is 0 Å².